The van der Waals surface area contributed by atoms with Crippen molar-refractivity contribution in [2.24, 2.45) is 0 Å². The number of halogens is 4. The van der Waals surface area contributed by atoms with Crippen LogP contribution in [0, 0.1) is 12.7 Å². The molecule has 0 fully saturated rings. The van der Waals surface area contributed by atoms with Gasteiger partial charge in [-0.3, -0.25) is 9.78 Å². The van der Waals surface area contributed by atoms with Crippen molar-refractivity contribution in [3.63, 3.8) is 0 Å². The minimum Gasteiger partial charge on any atom is -0.481 e. The van der Waals surface area contributed by atoms with Crippen LogP contribution in [0.1, 0.15) is 36.6 Å². The molecule has 0 atom stereocenters. The van der Waals surface area contributed by atoms with Gasteiger partial charge < -0.3 is 15.6 Å². The topological polar surface area (TPSA) is 124 Å². The number of carboxylic acid groups (broad SMARTS) is 1. The number of ether oxygens (including phenoxy) is 1. The zero-order valence-electron chi connectivity index (χ0n) is 21.0. The summed E-state index contributed by atoms with van der Waals surface area (Å²) in [6.07, 6.45) is -4.73. The number of nitrogens with two attached hydrogens (primary N) is 1. The fourth-order valence-corrected chi connectivity index (χ4v) is 3.76. The van der Waals surface area contributed by atoms with E-state index >= 15 is 0 Å². The van der Waals surface area contributed by atoms with Crippen LogP contribution >= 0.6 is 0 Å². The molecular weight excluding hydrogens is 518 g/mol. The number of benzene rings is 1. The van der Waals surface area contributed by atoms with Crippen molar-refractivity contribution in [3.05, 3.63) is 83.2 Å². The predicted octanol–water partition coefficient (Wildman–Crippen LogP) is 5.59. The van der Waals surface area contributed by atoms with E-state index in [0.29, 0.717) is 11.3 Å². The number of anilines is 1. The number of nitrogens with zero attached hydrogens (tertiary/aromatic N) is 4. The van der Waals surface area contributed by atoms with Gasteiger partial charge in [0.05, 0.1) is 22.6 Å². The SMILES string of the molecule is Cc1cc(-c2c(OCc3cccc(C(C)(C)C(=O)O)n3)nc(N)nc2-c2ccc(F)cc2)cc(C(F)(F)F)n1. The van der Waals surface area contributed by atoms with E-state index in [9.17, 15) is 27.5 Å². The molecule has 0 aliphatic rings. The molecule has 39 heavy (non-hydrogen) atoms. The van der Waals surface area contributed by atoms with Gasteiger partial charge in [-0.15, -0.1) is 0 Å². The predicted molar refractivity (Wildman–Crippen MR) is 134 cm³/mol. The molecule has 0 spiro atoms. The van der Waals surface area contributed by atoms with Gasteiger partial charge in [0, 0.05) is 11.3 Å². The molecule has 4 rings (SSSR count). The van der Waals surface area contributed by atoms with Crippen molar-refractivity contribution < 1.29 is 32.2 Å². The Hall–Kier alpha value is -4.61. The fraction of sp³-hybridized carbons (Fsp3) is 0.222. The zero-order valence-corrected chi connectivity index (χ0v) is 21.0. The van der Waals surface area contributed by atoms with Gasteiger partial charge in [-0.1, -0.05) is 6.07 Å². The molecular formula is C27H23F4N5O3. The Bertz CT molecular complexity index is 1540. The maximum absolute atomic E-state index is 13.6. The highest BCUT2D eigenvalue weighted by Gasteiger charge is 2.34. The van der Waals surface area contributed by atoms with Crippen LogP contribution in [0.5, 0.6) is 5.88 Å². The normalized spacial score (nSPS) is 11.9. The Kier molecular flexibility index (Phi) is 7.23. The van der Waals surface area contributed by atoms with Gasteiger partial charge in [-0.2, -0.15) is 18.2 Å². The number of rotatable bonds is 7. The number of aromatic nitrogens is 4. The summed E-state index contributed by atoms with van der Waals surface area (Å²) >= 11 is 0. The third kappa shape index (κ3) is 5.95. The first-order valence-electron chi connectivity index (χ1n) is 11.6. The number of hydrogen-bond acceptors (Lipinski definition) is 7. The fourth-order valence-electron chi connectivity index (χ4n) is 3.76. The van der Waals surface area contributed by atoms with Crippen molar-refractivity contribution >= 4 is 11.9 Å². The molecule has 0 amide bonds. The zero-order chi connectivity index (χ0) is 28.5. The summed E-state index contributed by atoms with van der Waals surface area (Å²) in [5.41, 5.74) is 4.84. The standard InChI is InChI=1S/C27H23F4N5O3/c1-14-11-16(12-20(33-14)27(29,30)31)21-22(15-7-9-17(28)10-8-15)35-25(32)36-23(21)39-13-18-5-4-6-19(34-18)26(2,3)24(37)38/h4-12H,13H2,1-3H3,(H,37,38)(H2,32,35,36). The molecule has 3 heterocycles. The molecule has 3 aromatic heterocycles. The number of aryl methyl sites for hydroxylation is 1. The summed E-state index contributed by atoms with van der Waals surface area (Å²) in [6, 6.07) is 12.2. The second-order valence-electron chi connectivity index (χ2n) is 9.23. The van der Waals surface area contributed by atoms with Crippen LogP contribution in [0.2, 0.25) is 0 Å². The molecule has 1 aromatic carbocycles. The molecule has 0 aliphatic carbocycles. The number of hydrogen-bond donors (Lipinski definition) is 2. The average molecular weight is 542 g/mol. The van der Waals surface area contributed by atoms with E-state index in [4.69, 9.17) is 10.5 Å². The summed E-state index contributed by atoms with van der Waals surface area (Å²) < 4.78 is 60.4. The highest BCUT2D eigenvalue weighted by Crippen LogP contribution is 2.40. The summed E-state index contributed by atoms with van der Waals surface area (Å²) in [7, 11) is 0. The van der Waals surface area contributed by atoms with Crippen LogP contribution in [0.4, 0.5) is 23.5 Å². The molecule has 4 aromatic rings. The number of pyridine rings is 2. The van der Waals surface area contributed by atoms with Crippen LogP contribution in [0.25, 0.3) is 22.4 Å². The summed E-state index contributed by atoms with van der Waals surface area (Å²) in [5.74, 6) is -1.97. The lowest BCUT2D eigenvalue weighted by atomic mass is 9.89. The van der Waals surface area contributed by atoms with Crippen LogP contribution in [0.3, 0.4) is 0 Å². The molecule has 8 nitrogen and oxygen atoms in total. The number of carboxylic acids is 1. The molecule has 0 saturated carbocycles. The first-order valence-corrected chi connectivity index (χ1v) is 11.6. The van der Waals surface area contributed by atoms with E-state index in [1.165, 1.54) is 51.1 Å². The van der Waals surface area contributed by atoms with E-state index < -0.39 is 29.1 Å². The Labute approximate surface area is 220 Å². The number of alkyl halides is 3. The molecule has 0 radical (unpaired) electrons. The van der Waals surface area contributed by atoms with Crippen LogP contribution in [-0.2, 0) is 23.0 Å². The van der Waals surface area contributed by atoms with Gasteiger partial charge in [-0.25, -0.2) is 14.4 Å². The molecule has 12 heteroatoms. The monoisotopic (exact) mass is 541 g/mol. The number of aliphatic carboxylic acids is 1. The maximum atomic E-state index is 13.6. The van der Waals surface area contributed by atoms with E-state index in [1.807, 2.05) is 0 Å². The lowest BCUT2D eigenvalue weighted by Crippen LogP contribution is -2.30. The summed E-state index contributed by atoms with van der Waals surface area (Å²) in [6.45, 7) is 4.20. The second-order valence-corrected chi connectivity index (χ2v) is 9.23. The highest BCUT2D eigenvalue weighted by molar-refractivity contribution is 5.85. The molecule has 202 valence electrons. The number of nitrogen functional groups attached to an aromatic ring is 1. The lowest BCUT2D eigenvalue weighted by molar-refractivity contribution is -0.143. The van der Waals surface area contributed by atoms with Crippen LogP contribution in [-0.4, -0.2) is 31.0 Å². The van der Waals surface area contributed by atoms with E-state index in [-0.39, 0.29) is 46.6 Å². The third-order valence-corrected chi connectivity index (χ3v) is 5.88. The third-order valence-electron chi connectivity index (χ3n) is 5.88. The van der Waals surface area contributed by atoms with Crippen molar-refractivity contribution in [1.82, 2.24) is 19.9 Å². The molecule has 0 unspecified atom stereocenters. The molecule has 0 bridgehead atoms. The van der Waals surface area contributed by atoms with Crippen molar-refractivity contribution in [3.8, 4) is 28.3 Å². The van der Waals surface area contributed by atoms with Gasteiger partial charge in [0.1, 0.15) is 23.5 Å². The highest BCUT2D eigenvalue weighted by atomic mass is 19.4. The molecule has 0 saturated heterocycles. The first-order chi connectivity index (χ1) is 18.3. The minimum absolute atomic E-state index is 0.0536. The van der Waals surface area contributed by atoms with E-state index in [0.717, 1.165) is 6.07 Å². The van der Waals surface area contributed by atoms with Crippen LogP contribution < -0.4 is 10.5 Å². The van der Waals surface area contributed by atoms with Gasteiger partial charge in [0.15, 0.2) is 0 Å². The Morgan fingerprint density at radius 2 is 1.64 bits per heavy atom. The number of carbonyl (C=O) groups is 1. The smallest absolute Gasteiger partial charge is 0.433 e. The lowest BCUT2D eigenvalue weighted by Gasteiger charge is -2.19. The Morgan fingerprint density at radius 3 is 2.28 bits per heavy atom. The van der Waals surface area contributed by atoms with E-state index in [1.54, 1.807) is 18.2 Å². The van der Waals surface area contributed by atoms with E-state index in [2.05, 4.69) is 19.9 Å². The van der Waals surface area contributed by atoms with Gasteiger partial charge in [0.25, 0.3) is 0 Å². The largest absolute Gasteiger partial charge is 0.481 e. The summed E-state index contributed by atoms with van der Waals surface area (Å²) in [5, 5.41) is 9.53. The Balaban J connectivity index is 1.86. The second kappa shape index (κ2) is 10.3. The van der Waals surface area contributed by atoms with Crippen molar-refractivity contribution in [2.45, 2.75) is 39.0 Å². The molecule has 0 aliphatic heterocycles. The van der Waals surface area contributed by atoms with Gasteiger partial charge in [-0.05, 0) is 74.9 Å². The average Bonchev–Trinajstić information content (AvgIpc) is 2.86. The molecule has 3 N–H and O–H groups in total. The van der Waals surface area contributed by atoms with Crippen LogP contribution in [0.15, 0.2) is 54.6 Å². The Morgan fingerprint density at radius 1 is 0.949 bits per heavy atom. The minimum atomic E-state index is -4.73. The first kappa shape index (κ1) is 27.4. The van der Waals surface area contributed by atoms with Gasteiger partial charge >= 0.3 is 12.1 Å². The summed E-state index contributed by atoms with van der Waals surface area (Å²) in [4.78, 5) is 28.0. The van der Waals surface area contributed by atoms with Gasteiger partial charge in [0.2, 0.25) is 11.8 Å². The van der Waals surface area contributed by atoms with Crippen molar-refractivity contribution in [2.75, 3.05) is 5.73 Å². The maximum Gasteiger partial charge on any atom is 0.433 e. The van der Waals surface area contributed by atoms with Crippen molar-refractivity contribution in [1.29, 1.82) is 0 Å². The quantitative estimate of drug-likeness (QED) is 0.290.